The van der Waals surface area contributed by atoms with Crippen molar-refractivity contribution in [3.63, 3.8) is 0 Å². The van der Waals surface area contributed by atoms with E-state index in [2.05, 4.69) is 9.82 Å². The van der Waals surface area contributed by atoms with Gasteiger partial charge in [0.05, 0.1) is 6.20 Å². The maximum atomic E-state index is 12.0. The first-order valence-electron chi connectivity index (χ1n) is 5.78. The van der Waals surface area contributed by atoms with Crippen molar-refractivity contribution in [2.75, 3.05) is 0 Å². The third-order valence-corrected chi connectivity index (χ3v) is 4.25. The molecular weight excluding hydrogens is 264 g/mol. The highest BCUT2D eigenvalue weighted by molar-refractivity contribution is 7.89. The molecule has 0 aliphatic carbocycles. The van der Waals surface area contributed by atoms with Gasteiger partial charge in [0.1, 0.15) is 0 Å². The van der Waals surface area contributed by atoms with Crippen LogP contribution in [0.25, 0.3) is 0 Å². The average molecular weight is 280 g/mol. The standard InChI is InChI=1S/C12H16N4O2S/c1-16-12(6-7-14-16)19(17,18)15-9-11-4-2-10(8-13)3-5-11/h2-7,15H,8-9,13H2,1H3. The minimum absolute atomic E-state index is 0.145. The van der Waals surface area contributed by atoms with Crippen LogP contribution in [0.2, 0.25) is 0 Å². The first-order valence-corrected chi connectivity index (χ1v) is 7.27. The van der Waals surface area contributed by atoms with Gasteiger partial charge in [-0.15, -0.1) is 0 Å². The number of hydrogen-bond donors (Lipinski definition) is 2. The van der Waals surface area contributed by atoms with Crippen molar-refractivity contribution in [3.05, 3.63) is 47.7 Å². The summed E-state index contributed by atoms with van der Waals surface area (Å²) < 4.78 is 27.9. The Kier molecular flexibility index (Phi) is 3.98. The number of hydrogen-bond acceptors (Lipinski definition) is 4. The van der Waals surface area contributed by atoms with Crippen LogP contribution in [0.1, 0.15) is 11.1 Å². The van der Waals surface area contributed by atoms with Crippen LogP contribution in [0, 0.1) is 0 Å². The molecule has 0 saturated heterocycles. The molecule has 6 nitrogen and oxygen atoms in total. The van der Waals surface area contributed by atoms with E-state index in [4.69, 9.17) is 5.73 Å². The number of nitrogens with zero attached hydrogens (tertiary/aromatic N) is 2. The van der Waals surface area contributed by atoms with Gasteiger partial charge in [-0.25, -0.2) is 13.1 Å². The Morgan fingerprint density at radius 3 is 2.37 bits per heavy atom. The van der Waals surface area contributed by atoms with Gasteiger partial charge in [0.15, 0.2) is 5.03 Å². The van der Waals surface area contributed by atoms with E-state index in [9.17, 15) is 8.42 Å². The number of benzene rings is 1. The molecule has 0 amide bonds. The van der Waals surface area contributed by atoms with Crippen LogP contribution in [0.5, 0.6) is 0 Å². The molecule has 1 aromatic carbocycles. The molecule has 2 aromatic rings. The lowest BCUT2D eigenvalue weighted by molar-refractivity contribution is 0.563. The molecule has 0 saturated carbocycles. The predicted molar refractivity (Wildman–Crippen MR) is 71.6 cm³/mol. The van der Waals surface area contributed by atoms with Crippen molar-refractivity contribution in [3.8, 4) is 0 Å². The van der Waals surface area contributed by atoms with Gasteiger partial charge in [-0.1, -0.05) is 24.3 Å². The molecule has 7 heteroatoms. The molecule has 1 aromatic heterocycles. The van der Waals surface area contributed by atoms with E-state index >= 15 is 0 Å². The highest BCUT2D eigenvalue weighted by Crippen LogP contribution is 2.08. The van der Waals surface area contributed by atoms with Gasteiger partial charge >= 0.3 is 0 Å². The molecule has 1 heterocycles. The zero-order chi connectivity index (χ0) is 13.9. The van der Waals surface area contributed by atoms with E-state index in [0.29, 0.717) is 6.54 Å². The first kappa shape index (κ1) is 13.7. The van der Waals surface area contributed by atoms with Crippen LogP contribution in [-0.2, 0) is 30.2 Å². The van der Waals surface area contributed by atoms with Crippen LogP contribution in [0.4, 0.5) is 0 Å². The number of aryl methyl sites for hydroxylation is 1. The topological polar surface area (TPSA) is 90.0 Å². The molecule has 0 spiro atoms. The summed E-state index contributed by atoms with van der Waals surface area (Å²) in [5.41, 5.74) is 7.39. The molecule has 0 unspecified atom stereocenters. The van der Waals surface area contributed by atoms with Crippen molar-refractivity contribution in [1.29, 1.82) is 0 Å². The molecule has 2 rings (SSSR count). The van der Waals surface area contributed by atoms with Gasteiger partial charge in [-0.05, 0) is 17.2 Å². The highest BCUT2D eigenvalue weighted by atomic mass is 32.2. The van der Waals surface area contributed by atoms with E-state index in [1.54, 1.807) is 7.05 Å². The van der Waals surface area contributed by atoms with Crippen molar-refractivity contribution >= 4 is 10.0 Å². The Bertz CT molecular complexity index is 647. The number of aromatic nitrogens is 2. The van der Waals surface area contributed by atoms with Crippen LogP contribution in [0.15, 0.2) is 41.6 Å². The lowest BCUT2D eigenvalue weighted by Gasteiger charge is -2.07. The Hall–Kier alpha value is -1.70. The summed E-state index contributed by atoms with van der Waals surface area (Å²) in [5.74, 6) is 0. The van der Waals surface area contributed by atoms with E-state index in [-0.39, 0.29) is 11.6 Å². The minimum Gasteiger partial charge on any atom is -0.326 e. The molecule has 0 aliphatic rings. The zero-order valence-corrected chi connectivity index (χ0v) is 11.4. The monoisotopic (exact) mass is 280 g/mol. The molecule has 0 fully saturated rings. The Balaban J connectivity index is 2.07. The Labute approximate surface area is 112 Å². The molecule has 102 valence electrons. The Morgan fingerprint density at radius 2 is 1.84 bits per heavy atom. The summed E-state index contributed by atoms with van der Waals surface area (Å²) in [6.07, 6.45) is 1.45. The van der Waals surface area contributed by atoms with Crippen LogP contribution in [-0.4, -0.2) is 18.2 Å². The third kappa shape index (κ3) is 3.19. The van der Waals surface area contributed by atoms with E-state index in [1.807, 2.05) is 24.3 Å². The fourth-order valence-electron chi connectivity index (χ4n) is 1.67. The second kappa shape index (κ2) is 5.52. The maximum absolute atomic E-state index is 12.0. The van der Waals surface area contributed by atoms with Gasteiger partial charge in [0, 0.05) is 20.1 Å². The van der Waals surface area contributed by atoms with Gasteiger partial charge < -0.3 is 5.73 Å². The lowest BCUT2D eigenvalue weighted by Crippen LogP contribution is -2.25. The largest absolute Gasteiger partial charge is 0.326 e. The molecule has 0 radical (unpaired) electrons. The van der Waals surface area contributed by atoms with Gasteiger partial charge in [0.2, 0.25) is 0 Å². The Morgan fingerprint density at radius 1 is 1.21 bits per heavy atom. The first-order chi connectivity index (χ1) is 9.03. The maximum Gasteiger partial charge on any atom is 0.258 e. The molecule has 0 aliphatic heterocycles. The van der Waals surface area contributed by atoms with Crippen molar-refractivity contribution < 1.29 is 8.42 Å². The lowest BCUT2D eigenvalue weighted by atomic mass is 10.1. The van der Waals surface area contributed by atoms with Crippen LogP contribution in [0.3, 0.4) is 0 Å². The molecular formula is C12H16N4O2S. The minimum atomic E-state index is -3.54. The van der Waals surface area contributed by atoms with E-state index < -0.39 is 10.0 Å². The number of sulfonamides is 1. The quantitative estimate of drug-likeness (QED) is 0.827. The summed E-state index contributed by atoms with van der Waals surface area (Å²) in [5, 5.41) is 3.99. The third-order valence-electron chi connectivity index (χ3n) is 2.78. The summed E-state index contributed by atoms with van der Waals surface area (Å²) >= 11 is 0. The van der Waals surface area contributed by atoms with Crippen molar-refractivity contribution in [2.45, 2.75) is 18.1 Å². The summed E-state index contributed by atoms with van der Waals surface area (Å²) in [7, 11) is -1.95. The molecule has 19 heavy (non-hydrogen) atoms. The van der Waals surface area contributed by atoms with E-state index in [0.717, 1.165) is 11.1 Å². The smallest absolute Gasteiger partial charge is 0.258 e. The molecule has 3 N–H and O–H groups in total. The van der Waals surface area contributed by atoms with Gasteiger partial charge in [-0.2, -0.15) is 5.10 Å². The molecule has 0 bridgehead atoms. The van der Waals surface area contributed by atoms with Crippen LogP contribution < -0.4 is 10.5 Å². The van der Waals surface area contributed by atoms with Crippen LogP contribution >= 0.6 is 0 Å². The predicted octanol–water partition coefficient (Wildman–Crippen LogP) is 0.357. The number of nitrogens with one attached hydrogen (secondary N) is 1. The number of rotatable bonds is 5. The summed E-state index contributed by atoms with van der Waals surface area (Å²) in [6.45, 7) is 0.708. The van der Waals surface area contributed by atoms with Gasteiger partial charge in [0.25, 0.3) is 10.0 Å². The second-order valence-electron chi connectivity index (χ2n) is 4.14. The van der Waals surface area contributed by atoms with Gasteiger partial charge in [-0.3, -0.25) is 4.68 Å². The average Bonchev–Trinajstić information content (AvgIpc) is 2.84. The zero-order valence-electron chi connectivity index (χ0n) is 10.6. The number of nitrogens with two attached hydrogens (primary N) is 1. The summed E-state index contributed by atoms with van der Waals surface area (Å²) in [6, 6.07) is 8.93. The second-order valence-corrected chi connectivity index (χ2v) is 5.85. The molecule has 0 atom stereocenters. The SMILES string of the molecule is Cn1nccc1S(=O)(=O)NCc1ccc(CN)cc1. The summed E-state index contributed by atoms with van der Waals surface area (Å²) in [4.78, 5) is 0. The fraction of sp³-hybridized carbons (Fsp3) is 0.250. The van der Waals surface area contributed by atoms with E-state index in [1.165, 1.54) is 16.9 Å². The normalized spacial score (nSPS) is 11.7. The van der Waals surface area contributed by atoms with Crippen molar-refractivity contribution in [1.82, 2.24) is 14.5 Å². The fourth-order valence-corrected chi connectivity index (χ4v) is 2.81. The highest BCUT2D eigenvalue weighted by Gasteiger charge is 2.17. The van der Waals surface area contributed by atoms with Crippen molar-refractivity contribution in [2.24, 2.45) is 12.8 Å².